The predicted molar refractivity (Wildman–Crippen MR) is 139 cm³/mol. The summed E-state index contributed by atoms with van der Waals surface area (Å²) in [6.45, 7) is 3.53. The van der Waals surface area contributed by atoms with Gasteiger partial charge in [-0.15, -0.1) is 11.3 Å². The van der Waals surface area contributed by atoms with E-state index in [9.17, 15) is 9.59 Å². The highest BCUT2D eigenvalue weighted by atomic mass is 35.5. The van der Waals surface area contributed by atoms with Crippen molar-refractivity contribution in [2.75, 3.05) is 20.1 Å². The van der Waals surface area contributed by atoms with Gasteiger partial charge in [-0.1, -0.05) is 48.0 Å². The Morgan fingerprint density at radius 1 is 1.20 bits per heavy atom. The summed E-state index contributed by atoms with van der Waals surface area (Å²) in [5, 5.41) is 3.48. The minimum absolute atomic E-state index is 0.0305. The van der Waals surface area contributed by atoms with E-state index in [1.165, 1.54) is 0 Å². The van der Waals surface area contributed by atoms with Crippen LogP contribution in [-0.2, 0) is 22.6 Å². The minimum Gasteiger partial charge on any atom is -0.490 e. The molecule has 4 rings (SSSR count). The summed E-state index contributed by atoms with van der Waals surface area (Å²) in [5.74, 6) is 0.611. The summed E-state index contributed by atoms with van der Waals surface area (Å²) in [4.78, 5) is 34.2. The number of thiazole rings is 1. The summed E-state index contributed by atoms with van der Waals surface area (Å²) in [7, 11) is 1.82. The quantitative estimate of drug-likeness (QED) is 0.427. The topological polar surface area (TPSA) is 62.7 Å². The molecule has 0 N–H and O–H groups in total. The van der Waals surface area contributed by atoms with Crippen LogP contribution in [0.1, 0.15) is 29.1 Å². The lowest BCUT2D eigenvalue weighted by Crippen LogP contribution is -2.49. The molecule has 2 heterocycles. The van der Waals surface area contributed by atoms with E-state index in [0.29, 0.717) is 43.2 Å². The van der Waals surface area contributed by atoms with Crippen molar-refractivity contribution in [2.24, 2.45) is 5.92 Å². The fourth-order valence-electron chi connectivity index (χ4n) is 4.39. The molecule has 184 valence electrons. The van der Waals surface area contributed by atoms with Crippen molar-refractivity contribution in [3.05, 3.63) is 81.3 Å². The first-order chi connectivity index (χ1) is 16.9. The molecule has 2 aromatic carbocycles. The van der Waals surface area contributed by atoms with Crippen LogP contribution in [0.3, 0.4) is 0 Å². The number of aryl methyl sites for hydroxylation is 1. The maximum absolute atomic E-state index is 13.2. The number of piperidine rings is 1. The highest BCUT2D eigenvalue weighted by Gasteiger charge is 2.35. The third kappa shape index (κ3) is 7.05. The van der Waals surface area contributed by atoms with E-state index >= 15 is 0 Å². The average molecular weight is 512 g/mol. The molecular weight excluding hydrogens is 482 g/mol. The summed E-state index contributed by atoms with van der Waals surface area (Å²) in [6, 6.07) is 17.2. The fraction of sp³-hybridized carbons (Fsp3) is 0.370. The lowest BCUT2D eigenvalue weighted by molar-refractivity contribution is -0.138. The van der Waals surface area contributed by atoms with Gasteiger partial charge in [-0.3, -0.25) is 9.59 Å². The van der Waals surface area contributed by atoms with Gasteiger partial charge >= 0.3 is 0 Å². The molecule has 0 bridgehead atoms. The van der Waals surface area contributed by atoms with Crippen LogP contribution in [0.25, 0.3) is 0 Å². The van der Waals surface area contributed by atoms with E-state index in [1.54, 1.807) is 28.4 Å². The van der Waals surface area contributed by atoms with E-state index in [1.807, 2.05) is 66.7 Å². The van der Waals surface area contributed by atoms with Crippen LogP contribution in [0.4, 0.5) is 0 Å². The molecule has 1 saturated heterocycles. The maximum Gasteiger partial charge on any atom is 0.228 e. The summed E-state index contributed by atoms with van der Waals surface area (Å²) in [6.07, 6.45) is 1.04. The van der Waals surface area contributed by atoms with Gasteiger partial charge in [0.25, 0.3) is 0 Å². The Morgan fingerprint density at radius 2 is 2.00 bits per heavy atom. The van der Waals surface area contributed by atoms with Gasteiger partial charge in [-0.2, -0.15) is 0 Å². The van der Waals surface area contributed by atoms with Crippen LogP contribution in [0.2, 0.25) is 5.02 Å². The minimum atomic E-state index is -0.187. The highest BCUT2D eigenvalue weighted by Crippen LogP contribution is 2.28. The third-order valence-electron chi connectivity index (χ3n) is 6.22. The van der Waals surface area contributed by atoms with E-state index in [-0.39, 0.29) is 30.3 Å². The SMILES string of the molecule is Cc1nc(CC(=O)N2CC[C@H](Oc3cccc(Cl)c3)[C@@H](CC(=O)N(C)Cc3ccccc3)C2)cs1. The smallest absolute Gasteiger partial charge is 0.228 e. The number of likely N-dealkylation sites (tertiary alicyclic amines) is 1. The lowest BCUT2D eigenvalue weighted by atomic mass is 9.90. The first-order valence-corrected chi connectivity index (χ1v) is 13.0. The van der Waals surface area contributed by atoms with E-state index in [4.69, 9.17) is 16.3 Å². The molecule has 2 amide bonds. The Balaban J connectivity index is 1.45. The summed E-state index contributed by atoms with van der Waals surface area (Å²) in [5.41, 5.74) is 1.87. The predicted octanol–water partition coefficient (Wildman–Crippen LogP) is 4.99. The molecule has 2 atom stereocenters. The molecule has 0 spiro atoms. The highest BCUT2D eigenvalue weighted by molar-refractivity contribution is 7.09. The number of nitrogens with zero attached hydrogens (tertiary/aromatic N) is 3. The molecule has 35 heavy (non-hydrogen) atoms. The molecule has 1 fully saturated rings. The molecule has 1 aromatic heterocycles. The second-order valence-electron chi connectivity index (χ2n) is 8.98. The van der Waals surface area contributed by atoms with E-state index < -0.39 is 0 Å². The molecule has 1 aliphatic rings. The van der Waals surface area contributed by atoms with Crippen molar-refractivity contribution in [1.82, 2.24) is 14.8 Å². The van der Waals surface area contributed by atoms with Gasteiger partial charge in [-0.25, -0.2) is 4.98 Å². The van der Waals surface area contributed by atoms with Crippen molar-refractivity contribution >= 4 is 34.8 Å². The number of carbonyl (C=O) groups excluding carboxylic acids is 2. The number of hydrogen-bond acceptors (Lipinski definition) is 5. The Morgan fingerprint density at radius 3 is 2.71 bits per heavy atom. The normalized spacial score (nSPS) is 17.7. The standard InChI is InChI=1S/C27H30ClN3O3S/c1-19-29-23(18-35-19)15-27(33)31-12-11-25(34-24-10-6-9-22(28)14-24)21(17-31)13-26(32)30(2)16-20-7-4-3-5-8-20/h3-10,14,18,21,25H,11-13,15-17H2,1-2H3/t21-,25-/m0/s1. The second kappa shape index (κ2) is 11.7. The number of amides is 2. The number of carbonyl (C=O) groups is 2. The molecule has 1 aliphatic heterocycles. The van der Waals surface area contributed by atoms with Gasteiger partial charge < -0.3 is 14.5 Å². The molecule has 0 saturated carbocycles. The number of hydrogen-bond donors (Lipinski definition) is 0. The largest absolute Gasteiger partial charge is 0.490 e. The monoisotopic (exact) mass is 511 g/mol. The number of aromatic nitrogens is 1. The van der Waals surface area contributed by atoms with Gasteiger partial charge in [0.05, 0.1) is 17.1 Å². The number of ether oxygens (including phenoxy) is 1. The lowest BCUT2D eigenvalue weighted by Gasteiger charge is -2.39. The van der Waals surface area contributed by atoms with E-state index in [2.05, 4.69) is 4.98 Å². The maximum atomic E-state index is 13.2. The number of halogens is 1. The average Bonchev–Trinajstić information content (AvgIpc) is 3.25. The van der Waals surface area contributed by atoms with Gasteiger partial charge in [-0.05, 0) is 30.7 Å². The van der Waals surface area contributed by atoms with Crippen LogP contribution < -0.4 is 4.74 Å². The van der Waals surface area contributed by atoms with E-state index in [0.717, 1.165) is 16.3 Å². The third-order valence-corrected chi connectivity index (χ3v) is 7.28. The van der Waals surface area contributed by atoms with Crippen molar-refractivity contribution in [1.29, 1.82) is 0 Å². The van der Waals surface area contributed by atoms with Crippen LogP contribution in [0.15, 0.2) is 60.0 Å². The van der Waals surface area contributed by atoms with Crippen molar-refractivity contribution in [3.8, 4) is 5.75 Å². The molecule has 8 heteroatoms. The van der Waals surface area contributed by atoms with Crippen molar-refractivity contribution in [2.45, 2.75) is 38.8 Å². The number of rotatable bonds is 8. The zero-order valence-corrected chi connectivity index (χ0v) is 21.6. The zero-order valence-electron chi connectivity index (χ0n) is 20.0. The molecule has 6 nitrogen and oxygen atoms in total. The molecule has 0 radical (unpaired) electrons. The van der Waals surface area contributed by atoms with Gasteiger partial charge in [0.15, 0.2) is 0 Å². The van der Waals surface area contributed by atoms with Crippen molar-refractivity contribution < 1.29 is 14.3 Å². The van der Waals surface area contributed by atoms with Crippen LogP contribution in [-0.4, -0.2) is 52.8 Å². The first-order valence-electron chi connectivity index (χ1n) is 11.8. The zero-order chi connectivity index (χ0) is 24.8. The molecule has 3 aromatic rings. The van der Waals surface area contributed by atoms with Crippen LogP contribution >= 0.6 is 22.9 Å². The fourth-order valence-corrected chi connectivity index (χ4v) is 5.18. The summed E-state index contributed by atoms with van der Waals surface area (Å²) < 4.78 is 6.29. The van der Waals surface area contributed by atoms with Gasteiger partial charge in [0.1, 0.15) is 11.9 Å². The van der Waals surface area contributed by atoms with Crippen LogP contribution in [0, 0.1) is 12.8 Å². The second-order valence-corrected chi connectivity index (χ2v) is 10.5. The summed E-state index contributed by atoms with van der Waals surface area (Å²) >= 11 is 7.69. The molecular formula is C27H30ClN3O3S. The Hall–Kier alpha value is -2.90. The van der Waals surface area contributed by atoms with Crippen LogP contribution in [0.5, 0.6) is 5.75 Å². The Bertz CT molecular complexity index is 1150. The van der Waals surface area contributed by atoms with Crippen molar-refractivity contribution in [3.63, 3.8) is 0 Å². The Kier molecular flexibility index (Phi) is 8.42. The molecule has 0 aliphatic carbocycles. The number of benzene rings is 2. The Labute approximate surface area is 215 Å². The molecule has 0 unspecified atom stereocenters. The first kappa shape index (κ1) is 25.2. The van der Waals surface area contributed by atoms with Gasteiger partial charge in [0.2, 0.25) is 11.8 Å². The van der Waals surface area contributed by atoms with Gasteiger partial charge in [0, 0.05) is 55.8 Å².